The summed E-state index contributed by atoms with van der Waals surface area (Å²) in [5.74, 6) is 0. The van der Waals surface area contributed by atoms with E-state index in [0.717, 1.165) is 17.2 Å². The summed E-state index contributed by atoms with van der Waals surface area (Å²) in [4.78, 5) is 1.29. The Morgan fingerprint density at radius 3 is 2.65 bits per heavy atom. The van der Waals surface area contributed by atoms with Crippen molar-refractivity contribution in [3.05, 3.63) is 29.8 Å². The molecule has 0 aromatic heterocycles. The molecule has 1 nitrogen and oxygen atoms in total. The second-order valence-electron chi connectivity index (χ2n) is 4.84. The Kier molecular flexibility index (Phi) is 4.93. The largest absolute Gasteiger partial charge is 0.388 e. The summed E-state index contributed by atoms with van der Waals surface area (Å²) in [7, 11) is 0. The van der Waals surface area contributed by atoms with E-state index in [0.29, 0.717) is 0 Å². The molecule has 1 saturated carbocycles. The van der Waals surface area contributed by atoms with E-state index < -0.39 is 0 Å². The van der Waals surface area contributed by atoms with Gasteiger partial charge < -0.3 is 5.11 Å². The van der Waals surface area contributed by atoms with E-state index in [2.05, 4.69) is 18.2 Å². The van der Waals surface area contributed by atoms with Crippen LogP contribution in [-0.2, 0) is 0 Å². The number of hydrogen-bond acceptors (Lipinski definition) is 2. The molecule has 1 aromatic carbocycles. The van der Waals surface area contributed by atoms with Crippen molar-refractivity contribution in [1.82, 2.24) is 0 Å². The average molecular weight is 250 g/mol. The summed E-state index contributed by atoms with van der Waals surface area (Å²) in [5, 5.41) is 10.8. The second-order valence-corrected chi connectivity index (χ2v) is 6.18. The van der Waals surface area contributed by atoms with Crippen LogP contribution in [0.2, 0.25) is 0 Å². The van der Waals surface area contributed by atoms with Crippen LogP contribution in [0.5, 0.6) is 0 Å². The summed E-state index contributed by atoms with van der Waals surface area (Å²) in [6, 6.07) is 8.34. The molecule has 0 unspecified atom stereocenters. The zero-order valence-corrected chi connectivity index (χ0v) is 11.4. The maximum absolute atomic E-state index is 10.0. The van der Waals surface area contributed by atoms with Gasteiger partial charge in [-0.3, -0.25) is 0 Å². The molecule has 1 aliphatic rings. The molecule has 2 rings (SSSR count). The van der Waals surface area contributed by atoms with Crippen LogP contribution in [0.3, 0.4) is 0 Å². The Morgan fingerprint density at radius 1 is 1.24 bits per heavy atom. The van der Waals surface area contributed by atoms with Gasteiger partial charge in [0.05, 0.1) is 6.10 Å². The molecule has 1 aliphatic carbocycles. The van der Waals surface area contributed by atoms with Gasteiger partial charge in [-0.05, 0) is 30.9 Å². The van der Waals surface area contributed by atoms with E-state index >= 15 is 0 Å². The van der Waals surface area contributed by atoms with Crippen molar-refractivity contribution < 1.29 is 5.11 Å². The standard InChI is InChI=1S/C15H22OS/c1-2-14(16)13-10-6-7-11-15(13)17-12-8-4-3-5-9-12/h6-7,10-12,14,16H,2-5,8-9H2,1H3/t14-/m0/s1. The highest BCUT2D eigenvalue weighted by Crippen LogP contribution is 2.37. The molecule has 1 atom stereocenters. The molecule has 2 heteroatoms. The van der Waals surface area contributed by atoms with Crippen LogP contribution in [0, 0.1) is 0 Å². The third-order valence-electron chi connectivity index (χ3n) is 3.51. The molecule has 1 aromatic rings. The average Bonchev–Trinajstić information content (AvgIpc) is 2.40. The Labute approximate surface area is 109 Å². The zero-order chi connectivity index (χ0) is 12.1. The third-order valence-corrected chi connectivity index (χ3v) is 4.94. The van der Waals surface area contributed by atoms with Gasteiger partial charge in [0.1, 0.15) is 0 Å². The predicted octanol–water partition coefficient (Wildman–Crippen LogP) is 4.55. The van der Waals surface area contributed by atoms with Crippen molar-refractivity contribution in [2.45, 2.75) is 61.7 Å². The maximum Gasteiger partial charge on any atom is 0.0798 e. The summed E-state index contributed by atoms with van der Waals surface area (Å²) in [6.45, 7) is 2.03. The van der Waals surface area contributed by atoms with Gasteiger partial charge in [-0.2, -0.15) is 0 Å². The molecule has 17 heavy (non-hydrogen) atoms. The first-order valence-corrected chi connectivity index (χ1v) is 7.63. The van der Waals surface area contributed by atoms with E-state index in [1.807, 2.05) is 24.8 Å². The van der Waals surface area contributed by atoms with Crippen LogP contribution in [0.4, 0.5) is 0 Å². The number of aliphatic hydroxyl groups is 1. The minimum Gasteiger partial charge on any atom is -0.388 e. The van der Waals surface area contributed by atoms with Crippen molar-refractivity contribution in [1.29, 1.82) is 0 Å². The van der Waals surface area contributed by atoms with E-state index in [1.54, 1.807) is 0 Å². The summed E-state index contributed by atoms with van der Waals surface area (Å²) in [6.07, 6.45) is 7.30. The Balaban J connectivity index is 2.08. The first-order chi connectivity index (χ1) is 8.31. The van der Waals surface area contributed by atoms with Gasteiger partial charge in [0.15, 0.2) is 0 Å². The third kappa shape index (κ3) is 3.49. The van der Waals surface area contributed by atoms with Crippen molar-refractivity contribution in [3.8, 4) is 0 Å². The Bertz CT molecular complexity index is 345. The molecular weight excluding hydrogens is 228 g/mol. The first-order valence-electron chi connectivity index (χ1n) is 6.75. The quantitative estimate of drug-likeness (QED) is 0.845. The fourth-order valence-electron chi connectivity index (χ4n) is 2.45. The number of thioether (sulfide) groups is 1. The zero-order valence-electron chi connectivity index (χ0n) is 10.6. The fourth-order valence-corrected chi connectivity index (χ4v) is 3.87. The Hall–Kier alpha value is -0.470. The molecular formula is C15H22OS. The SMILES string of the molecule is CC[C@H](O)c1ccccc1SC1CCCCC1. The lowest BCUT2D eigenvalue weighted by Gasteiger charge is -2.23. The molecule has 0 aliphatic heterocycles. The minimum absolute atomic E-state index is 0.303. The van der Waals surface area contributed by atoms with Crippen molar-refractivity contribution in [2.75, 3.05) is 0 Å². The molecule has 1 N–H and O–H groups in total. The molecule has 1 fully saturated rings. The number of aliphatic hydroxyl groups excluding tert-OH is 1. The lowest BCUT2D eigenvalue weighted by atomic mass is 10.0. The van der Waals surface area contributed by atoms with Gasteiger partial charge in [0, 0.05) is 10.1 Å². The lowest BCUT2D eigenvalue weighted by Crippen LogP contribution is -2.08. The fraction of sp³-hybridized carbons (Fsp3) is 0.600. The molecule has 0 spiro atoms. The smallest absolute Gasteiger partial charge is 0.0798 e. The first kappa shape index (κ1) is 13.0. The monoisotopic (exact) mass is 250 g/mol. The van der Waals surface area contributed by atoms with E-state index in [-0.39, 0.29) is 6.10 Å². The normalized spacial score (nSPS) is 19.2. The number of benzene rings is 1. The lowest BCUT2D eigenvalue weighted by molar-refractivity contribution is 0.171. The van der Waals surface area contributed by atoms with E-state index in [9.17, 15) is 5.11 Å². The van der Waals surface area contributed by atoms with Crippen molar-refractivity contribution >= 4 is 11.8 Å². The predicted molar refractivity (Wildman–Crippen MR) is 74.4 cm³/mol. The van der Waals surface area contributed by atoms with Gasteiger partial charge in [0.25, 0.3) is 0 Å². The molecule has 0 heterocycles. The summed E-state index contributed by atoms with van der Waals surface area (Å²) < 4.78 is 0. The van der Waals surface area contributed by atoms with Crippen LogP contribution >= 0.6 is 11.8 Å². The summed E-state index contributed by atoms with van der Waals surface area (Å²) >= 11 is 1.97. The van der Waals surface area contributed by atoms with Gasteiger partial charge in [-0.15, -0.1) is 11.8 Å². The highest BCUT2D eigenvalue weighted by molar-refractivity contribution is 8.00. The molecule has 94 valence electrons. The number of hydrogen-bond donors (Lipinski definition) is 1. The van der Waals surface area contributed by atoms with Crippen LogP contribution in [0.15, 0.2) is 29.2 Å². The second kappa shape index (κ2) is 6.46. The maximum atomic E-state index is 10.0. The molecule has 0 radical (unpaired) electrons. The van der Waals surface area contributed by atoms with Crippen LogP contribution in [0.25, 0.3) is 0 Å². The summed E-state index contributed by atoms with van der Waals surface area (Å²) in [5.41, 5.74) is 1.12. The van der Waals surface area contributed by atoms with Gasteiger partial charge in [-0.1, -0.05) is 44.4 Å². The highest BCUT2D eigenvalue weighted by Gasteiger charge is 2.17. The van der Waals surface area contributed by atoms with Crippen LogP contribution < -0.4 is 0 Å². The van der Waals surface area contributed by atoms with Gasteiger partial charge in [-0.25, -0.2) is 0 Å². The van der Waals surface area contributed by atoms with Gasteiger partial charge >= 0.3 is 0 Å². The topological polar surface area (TPSA) is 20.2 Å². The van der Waals surface area contributed by atoms with Crippen molar-refractivity contribution in [2.24, 2.45) is 0 Å². The highest BCUT2D eigenvalue weighted by atomic mass is 32.2. The van der Waals surface area contributed by atoms with Crippen LogP contribution in [-0.4, -0.2) is 10.4 Å². The van der Waals surface area contributed by atoms with Crippen LogP contribution in [0.1, 0.15) is 57.1 Å². The van der Waals surface area contributed by atoms with E-state index in [1.165, 1.54) is 37.0 Å². The van der Waals surface area contributed by atoms with Gasteiger partial charge in [0.2, 0.25) is 0 Å². The minimum atomic E-state index is -0.303. The van der Waals surface area contributed by atoms with Crippen molar-refractivity contribution in [3.63, 3.8) is 0 Å². The Morgan fingerprint density at radius 2 is 1.94 bits per heavy atom. The molecule has 0 saturated heterocycles. The number of rotatable bonds is 4. The molecule has 0 amide bonds. The van der Waals surface area contributed by atoms with E-state index in [4.69, 9.17) is 0 Å². The molecule has 0 bridgehead atoms.